The maximum Gasteiger partial charge on any atom is 0.266 e. The monoisotopic (exact) mass is 420 g/mol. The van der Waals surface area contributed by atoms with Crippen molar-refractivity contribution in [1.29, 1.82) is 5.26 Å². The van der Waals surface area contributed by atoms with Crippen LogP contribution in [0.3, 0.4) is 0 Å². The van der Waals surface area contributed by atoms with Gasteiger partial charge in [0.2, 0.25) is 0 Å². The summed E-state index contributed by atoms with van der Waals surface area (Å²) < 4.78 is 19.2. The topological polar surface area (TPSA) is 62.1 Å². The second-order valence-corrected chi connectivity index (χ2v) is 6.94. The average Bonchev–Trinajstić information content (AvgIpc) is 2.75. The molecule has 30 heavy (non-hydrogen) atoms. The molecule has 1 N–H and O–H groups in total. The summed E-state index contributed by atoms with van der Waals surface area (Å²) in [7, 11) is 0. The number of carbonyl (C=O) groups excluding carboxylic acids is 1. The Morgan fingerprint density at radius 3 is 2.57 bits per heavy atom. The molecule has 0 spiro atoms. The van der Waals surface area contributed by atoms with Crippen molar-refractivity contribution in [1.82, 2.24) is 0 Å². The molecule has 6 heteroatoms. The molecule has 0 aliphatic heterocycles. The molecule has 0 radical (unpaired) electrons. The first-order valence-electron chi connectivity index (χ1n) is 9.12. The molecule has 0 aliphatic rings. The van der Waals surface area contributed by atoms with Gasteiger partial charge >= 0.3 is 0 Å². The minimum absolute atomic E-state index is 0.0493. The number of halogens is 2. The Labute approximate surface area is 179 Å². The van der Waals surface area contributed by atoms with Gasteiger partial charge in [0.05, 0.1) is 0 Å². The Kier molecular flexibility index (Phi) is 6.84. The molecule has 3 aromatic carbocycles. The number of amides is 1. The number of carbonyl (C=O) groups is 1. The van der Waals surface area contributed by atoms with Gasteiger partial charge in [0.15, 0.2) is 0 Å². The van der Waals surface area contributed by atoms with Gasteiger partial charge in [-0.2, -0.15) is 5.26 Å². The van der Waals surface area contributed by atoms with Crippen LogP contribution in [-0.4, -0.2) is 5.91 Å². The van der Waals surface area contributed by atoms with Crippen LogP contribution in [0.5, 0.6) is 5.75 Å². The highest BCUT2D eigenvalue weighted by atomic mass is 35.5. The largest absolute Gasteiger partial charge is 0.489 e. The zero-order valence-electron chi connectivity index (χ0n) is 16.2. The first-order valence-corrected chi connectivity index (χ1v) is 9.49. The molecule has 0 fully saturated rings. The van der Waals surface area contributed by atoms with Gasteiger partial charge in [-0.25, -0.2) is 4.39 Å². The molecular formula is C24H18ClFN2O2. The van der Waals surface area contributed by atoms with Crippen molar-refractivity contribution in [2.24, 2.45) is 0 Å². The fourth-order valence-corrected chi connectivity index (χ4v) is 2.80. The van der Waals surface area contributed by atoms with E-state index in [1.807, 2.05) is 13.0 Å². The van der Waals surface area contributed by atoms with Gasteiger partial charge in [0.1, 0.15) is 29.8 Å². The second-order valence-electron chi connectivity index (χ2n) is 6.54. The first-order chi connectivity index (χ1) is 14.5. The van der Waals surface area contributed by atoms with Gasteiger partial charge in [-0.05, 0) is 54.5 Å². The molecule has 4 nitrogen and oxygen atoms in total. The number of anilines is 1. The van der Waals surface area contributed by atoms with E-state index in [1.165, 1.54) is 12.1 Å². The lowest BCUT2D eigenvalue weighted by atomic mass is 10.1. The van der Waals surface area contributed by atoms with Crippen LogP contribution in [0, 0.1) is 24.1 Å². The fraction of sp³-hybridized carbons (Fsp3) is 0.0833. The van der Waals surface area contributed by atoms with Gasteiger partial charge in [0.25, 0.3) is 5.91 Å². The Morgan fingerprint density at radius 2 is 1.90 bits per heavy atom. The summed E-state index contributed by atoms with van der Waals surface area (Å²) in [5.74, 6) is -0.304. The van der Waals surface area contributed by atoms with Crippen LogP contribution in [0.25, 0.3) is 6.08 Å². The van der Waals surface area contributed by atoms with Crippen LogP contribution < -0.4 is 10.1 Å². The van der Waals surface area contributed by atoms with Crippen molar-refractivity contribution in [3.8, 4) is 11.8 Å². The molecule has 150 valence electrons. The maximum atomic E-state index is 13.6. The van der Waals surface area contributed by atoms with Crippen molar-refractivity contribution in [3.05, 3.63) is 99.8 Å². The van der Waals surface area contributed by atoms with Crippen LogP contribution in [0.1, 0.15) is 16.7 Å². The van der Waals surface area contributed by atoms with Gasteiger partial charge < -0.3 is 10.1 Å². The van der Waals surface area contributed by atoms with Crippen LogP contribution in [0.2, 0.25) is 5.02 Å². The number of hydrogen-bond acceptors (Lipinski definition) is 3. The average molecular weight is 421 g/mol. The molecule has 0 aliphatic carbocycles. The summed E-state index contributed by atoms with van der Waals surface area (Å²) in [6.07, 6.45) is 1.48. The fourth-order valence-electron chi connectivity index (χ4n) is 2.62. The summed E-state index contributed by atoms with van der Waals surface area (Å²) in [5.41, 5.74) is 2.46. The normalized spacial score (nSPS) is 10.9. The molecule has 0 unspecified atom stereocenters. The number of nitrogens with zero attached hydrogens (tertiary/aromatic N) is 1. The number of ether oxygens (including phenoxy) is 1. The molecule has 1 amide bonds. The van der Waals surface area contributed by atoms with E-state index < -0.39 is 5.91 Å². The quantitative estimate of drug-likeness (QED) is 0.398. The van der Waals surface area contributed by atoms with Crippen LogP contribution in [-0.2, 0) is 11.4 Å². The second kappa shape index (κ2) is 9.73. The van der Waals surface area contributed by atoms with Crippen molar-refractivity contribution in [2.75, 3.05) is 5.32 Å². The molecule has 3 aromatic rings. The third kappa shape index (κ3) is 5.47. The van der Waals surface area contributed by atoms with Crippen molar-refractivity contribution in [2.45, 2.75) is 13.5 Å². The lowest BCUT2D eigenvalue weighted by Crippen LogP contribution is -2.13. The third-order valence-corrected chi connectivity index (χ3v) is 4.75. The Morgan fingerprint density at radius 1 is 1.17 bits per heavy atom. The van der Waals surface area contributed by atoms with E-state index in [0.717, 1.165) is 5.56 Å². The number of hydrogen-bond donors (Lipinski definition) is 1. The molecule has 0 heterocycles. The van der Waals surface area contributed by atoms with Crippen molar-refractivity contribution in [3.63, 3.8) is 0 Å². The first kappa shape index (κ1) is 21.1. The van der Waals surface area contributed by atoms with Crippen molar-refractivity contribution < 1.29 is 13.9 Å². The van der Waals surface area contributed by atoms with Gasteiger partial charge in [-0.3, -0.25) is 4.79 Å². The van der Waals surface area contributed by atoms with E-state index in [4.69, 9.17) is 16.3 Å². The van der Waals surface area contributed by atoms with Crippen LogP contribution in [0.4, 0.5) is 10.1 Å². The number of benzene rings is 3. The maximum absolute atomic E-state index is 13.6. The lowest BCUT2D eigenvalue weighted by molar-refractivity contribution is -0.112. The minimum Gasteiger partial charge on any atom is -0.489 e. The standard InChI is InChI=1S/C24H18ClFN2O2/c1-16-6-9-20(13-22(16)25)28-24(29)19(14-27)12-17-7-10-21(11-8-17)30-15-18-4-2-3-5-23(18)26/h2-13H,15H2,1H3,(H,28,29)/b19-12-. The Balaban J connectivity index is 1.66. The molecule has 0 bridgehead atoms. The zero-order valence-corrected chi connectivity index (χ0v) is 16.9. The van der Waals surface area contributed by atoms with E-state index >= 15 is 0 Å². The highest BCUT2D eigenvalue weighted by Crippen LogP contribution is 2.21. The predicted molar refractivity (Wildman–Crippen MR) is 116 cm³/mol. The predicted octanol–water partition coefficient (Wildman–Crippen LogP) is 5.91. The number of nitrogens with one attached hydrogen (secondary N) is 1. The summed E-state index contributed by atoms with van der Waals surface area (Å²) in [6.45, 7) is 1.96. The third-order valence-electron chi connectivity index (χ3n) is 4.34. The smallest absolute Gasteiger partial charge is 0.266 e. The molecule has 0 atom stereocenters. The van der Waals surface area contributed by atoms with Crippen molar-refractivity contribution >= 4 is 29.3 Å². The number of nitriles is 1. The van der Waals surface area contributed by atoms with Crippen LogP contribution in [0.15, 0.2) is 72.3 Å². The summed E-state index contributed by atoms with van der Waals surface area (Å²) in [6, 6.07) is 20.3. The minimum atomic E-state index is -0.530. The lowest BCUT2D eigenvalue weighted by Gasteiger charge is -2.08. The summed E-state index contributed by atoms with van der Waals surface area (Å²) in [5, 5.41) is 12.6. The molecule has 0 saturated carbocycles. The van der Waals surface area contributed by atoms with Crippen LogP contribution >= 0.6 is 11.6 Å². The van der Waals surface area contributed by atoms with Gasteiger partial charge in [-0.15, -0.1) is 0 Å². The molecule has 0 aromatic heterocycles. The SMILES string of the molecule is Cc1ccc(NC(=O)/C(C#N)=C\c2ccc(OCc3ccccc3F)cc2)cc1Cl. The summed E-state index contributed by atoms with van der Waals surface area (Å²) in [4.78, 5) is 12.4. The van der Waals surface area contributed by atoms with Gasteiger partial charge in [0, 0.05) is 16.3 Å². The number of rotatable bonds is 6. The van der Waals surface area contributed by atoms with Gasteiger partial charge in [-0.1, -0.05) is 48.0 Å². The Bertz CT molecular complexity index is 1130. The zero-order chi connectivity index (χ0) is 21.5. The number of aryl methyl sites for hydroxylation is 1. The van der Waals surface area contributed by atoms with E-state index in [-0.39, 0.29) is 18.0 Å². The van der Waals surface area contributed by atoms with E-state index in [9.17, 15) is 14.4 Å². The molecule has 0 saturated heterocycles. The van der Waals surface area contributed by atoms with E-state index in [2.05, 4.69) is 5.32 Å². The van der Waals surface area contributed by atoms with E-state index in [0.29, 0.717) is 27.6 Å². The highest BCUT2D eigenvalue weighted by Gasteiger charge is 2.10. The molecule has 3 rings (SSSR count). The Hall–Kier alpha value is -3.62. The summed E-state index contributed by atoms with van der Waals surface area (Å²) >= 11 is 6.07. The highest BCUT2D eigenvalue weighted by molar-refractivity contribution is 6.31. The molecular weight excluding hydrogens is 403 g/mol. The van der Waals surface area contributed by atoms with E-state index in [1.54, 1.807) is 60.7 Å².